The van der Waals surface area contributed by atoms with Crippen LogP contribution in [0.25, 0.3) is 6.08 Å². The van der Waals surface area contributed by atoms with E-state index in [1.54, 1.807) is 18.2 Å². The molecule has 0 spiro atoms. The van der Waals surface area contributed by atoms with Gasteiger partial charge in [-0.05, 0) is 85.1 Å². The van der Waals surface area contributed by atoms with E-state index in [9.17, 15) is 22.8 Å². The molecule has 3 aromatic rings. The number of halogens is 1. The van der Waals surface area contributed by atoms with Crippen LogP contribution in [-0.2, 0) is 19.7 Å². The number of carbonyl (C=O) groups excluding carboxylic acids is 3. The van der Waals surface area contributed by atoms with Crippen molar-refractivity contribution in [2.45, 2.75) is 18.7 Å². The van der Waals surface area contributed by atoms with E-state index in [2.05, 4.69) is 5.32 Å². The highest BCUT2D eigenvalue weighted by atomic mass is 35.5. The maximum absolute atomic E-state index is 13.0. The maximum Gasteiger partial charge on any atom is 0.339 e. The van der Waals surface area contributed by atoms with Crippen LogP contribution in [0, 0.1) is 13.8 Å². The number of urea groups is 1. The number of hydrogen-bond donors (Lipinski definition) is 1. The number of barbiturate groups is 1. The van der Waals surface area contributed by atoms with Gasteiger partial charge in [0, 0.05) is 5.02 Å². The van der Waals surface area contributed by atoms with Crippen LogP contribution < -0.4 is 14.4 Å². The second kappa shape index (κ2) is 9.36. The van der Waals surface area contributed by atoms with Gasteiger partial charge in [-0.1, -0.05) is 29.8 Å². The molecule has 4 amide bonds. The molecular formula is C25H19ClN2O6S. The summed E-state index contributed by atoms with van der Waals surface area (Å²) < 4.78 is 30.0. The van der Waals surface area contributed by atoms with Crippen molar-refractivity contribution >= 4 is 51.3 Å². The van der Waals surface area contributed by atoms with Gasteiger partial charge in [0.2, 0.25) is 0 Å². The lowest BCUT2D eigenvalue weighted by molar-refractivity contribution is -0.122. The van der Waals surface area contributed by atoms with E-state index in [4.69, 9.17) is 15.8 Å². The van der Waals surface area contributed by atoms with E-state index in [1.165, 1.54) is 54.6 Å². The second-order valence-electron chi connectivity index (χ2n) is 7.79. The molecule has 1 aliphatic heterocycles. The summed E-state index contributed by atoms with van der Waals surface area (Å²) in [6, 6.07) is 15.5. The lowest BCUT2D eigenvalue weighted by Crippen LogP contribution is -2.54. The van der Waals surface area contributed by atoms with Crippen LogP contribution in [0.1, 0.15) is 16.7 Å². The molecule has 10 heteroatoms. The number of hydrogen-bond acceptors (Lipinski definition) is 6. The lowest BCUT2D eigenvalue weighted by Gasteiger charge is -2.26. The molecule has 1 N–H and O–H groups in total. The van der Waals surface area contributed by atoms with Crippen LogP contribution >= 0.6 is 11.6 Å². The molecule has 4 rings (SSSR count). The second-order valence-corrected chi connectivity index (χ2v) is 9.77. The number of anilines is 1. The van der Waals surface area contributed by atoms with Gasteiger partial charge < -0.3 is 4.18 Å². The van der Waals surface area contributed by atoms with E-state index in [1.807, 2.05) is 13.8 Å². The van der Waals surface area contributed by atoms with Crippen LogP contribution in [0.4, 0.5) is 10.5 Å². The Hall–Kier alpha value is -3.95. The summed E-state index contributed by atoms with van der Waals surface area (Å²) in [5.41, 5.74) is 2.39. The predicted octanol–water partition coefficient (Wildman–Crippen LogP) is 4.39. The molecule has 8 nitrogen and oxygen atoms in total. The lowest BCUT2D eigenvalue weighted by atomic mass is 10.1. The largest absolute Gasteiger partial charge is 0.379 e. The summed E-state index contributed by atoms with van der Waals surface area (Å²) in [6.07, 6.45) is 1.32. The fourth-order valence-corrected chi connectivity index (χ4v) is 4.38. The van der Waals surface area contributed by atoms with Crippen LogP contribution in [0.15, 0.2) is 77.2 Å². The van der Waals surface area contributed by atoms with Crippen molar-refractivity contribution < 1.29 is 27.0 Å². The Labute approximate surface area is 206 Å². The number of nitrogens with zero attached hydrogens (tertiary/aromatic N) is 1. The fraction of sp³-hybridized carbons (Fsp3) is 0.0800. The molecule has 0 aromatic heterocycles. The molecule has 3 aromatic carbocycles. The smallest absolute Gasteiger partial charge is 0.339 e. The average Bonchev–Trinajstić information content (AvgIpc) is 2.80. The zero-order valence-electron chi connectivity index (χ0n) is 18.6. The summed E-state index contributed by atoms with van der Waals surface area (Å²) in [7, 11) is -4.07. The molecule has 0 atom stereocenters. The highest BCUT2D eigenvalue weighted by Gasteiger charge is 2.36. The zero-order valence-corrected chi connectivity index (χ0v) is 20.2. The van der Waals surface area contributed by atoms with Crippen molar-refractivity contribution in [1.82, 2.24) is 5.32 Å². The minimum Gasteiger partial charge on any atom is -0.379 e. The van der Waals surface area contributed by atoms with E-state index in [0.29, 0.717) is 16.3 Å². The van der Waals surface area contributed by atoms with Crippen LogP contribution in [0.3, 0.4) is 0 Å². The van der Waals surface area contributed by atoms with Gasteiger partial charge in [-0.15, -0.1) is 0 Å². The number of amides is 4. The van der Waals surface area contributed by atoms with Gasteiger partial charge in [-0.25, -0.2) is 9.69 Å². The molecule has 1 fully saturated rings. The van der Waals surface area contributed by atoms with Crippen molar-refractivity contribution in [3.63, 3.8) is 0 Å². The third-order valence-electron chi connectivity index (χ3n) is 5.35. The van der Waals surface area contributed by atoms with Crippen molar-refractivity contribution in [2.75, 3.05) is 4.90 Å². The van der Waals surface area contributed by atoms with E-state index in [-0.39, 0.29) is 16.2 Å². The molecule has 35 heavy (non-hydrogen) atoms. The fourth-order valence-electron chi connectivity index (χ4n) is 3.32. The topological polar surface area (TPSA) is 110 Å². The Balaban J connectivity index is 1.58. The van der Waals surface area contributed by atoms with E-state index >= 15 is 0 Å². The van der Waals surface area contributed by atoms with Gasteiger partial charge in [0.15, 0.2) is 0 Å². The zero-order chi connectivity index (χ0) is 25.3. The Morgan fingerprint density at radius 1 is 0.886 bits per heavy atom. The minimum atomic E-state index is -4.07. The van der Waals surface area contributed by atoms with Crippen molar-refractivity contribution in [1.29, 1.82) is 0 Å². The first-order chi connectivity index (χ1) is 16.5. The summed E-state index contributed by atoms with van der Waals surface area (Å²) in [4.78, 5) is 38.7. The van der Waals surface area contributed by atoms with Crippen molar-refractivity contribution in [3.05, 3.63) is 94.0 Å². The SMILES string of the molecule is Cc1ccc(N2C(=O)NC(=O)/C(=C\c3ccc(OS(=O)(=O)c4ccc(Cl)cc4)cc3)C2=O)cc1C. The standard InChI is InChI=1S/C25H19ClN2O6S/c1-15-3-8-19(13-16(15)2)28-24(30)22(23(29)27-25(28)31)14-17-4-9-20(10-5-17)34-35(32,33)21-11-6-18(26)7-12-21/h3-14H,1-2H3,(H,27,29,31)/b22-14+. The first kappa shape index (κ1) is 24.2. The number of rotatable bonds is 5. The van der Waals surface area contributed by atoms with Gasteiger partial charge in [0.1, 0.15) is 16.2 Å². The highest BCUT2D eigenvalue weighted by molar-refractivity contribution is 7.87. The normalized spacial score (nSPS) is 15.3. The molecular weight excluding hydrogens is 492 g/mol. The molecule has 0 bridgehead atoms. The highest BCUT2D eigenvalue weighted by Crippen LogP contribution is 2.25. The molecule has 1 saturated heterocycles. The number of benzene rings is 3. The molecule has 0 radical (unpaired) electrons. The average molecular weight is 511 g/mol. The Kier molecular flexibility index (Phi) is 6.47. The van der Waals surface area contributed by atoms with Crippen molar-refractivity contribution in [2.24, 2.45) is 0 Å². The van der Waals surface area contributed by atoms with Crippen molar-refractivity contribution in [3.8, 4) is 5.75 Å². The minimum absolute atomic E-state index is 0.0356. The summed E-state index contributed by atoms with van der Waals surface area (Å²) >= 11 is 5.79. The van der Waals surface area contributed by atoms with Gasteiger partial charge in [-0.3, -0.25) is 14.9 Å². The van der Waals surface area contributed by atoms with Gasteiger partial charge in [0.25, 0.3) is 11.8 Å². The predicted molar refractivity (Wildman–Crippen MR) is 131 cm³/mol. The molecule has 1 heterocycles. The monoisotopic (exact) mass is 510 g/mol. The number of carbonyl (C=O) groups is 3. The Morgan fingerprint density at radius 2 is 1.54 bits per heavy atom. The Morgan fingerprint density at radius 3 is 2.17 bits per heavy atom. The quantitative estimate of drug-likeness (QED) is 0.309. The number of aryl methyl sites for hydroxylation is 2. The molecule has 0 saturated carbocycles. The summed E-state index contributed by atoms with van der Waals surface area (Å²) in [5, 5.41) is 2.56. The third kappa shape index (κ3) is 5.11. The van der Waals surface area contributed by atoms with Crippen LogP contribution in [0.2, 0.25) is 5.02 Å². The maximum atomic E-state index is 13.0. The third-order valence-corrected chi connectivity index (χ3v) is 6.86. The summed E-state index contributed by atoms with van der Waals surface area (Å²) in [6.45, 7) is 3.75. The number of nitrogens with one attached hydrogen (secondary N) is 1. The Bertz CT molecular complexity index is 1480. The number of imide groups is 2. The van der Waals surface area contributed by atoms with Gasteiger partial charge >= 0.3 is 16.1 Å². The molecule has 0 unspecified atom stereocenters. The van der Waals surface area contributed by atoms with Gasteiger partial charge in [0.05, 0.1) is 5.69 Å². The van der Waals surface area contributed by atoms with Crippen LogP contribution in [0.5, 0.6) is 5.75 Å². The van der Waals surface area contributed by atoms with Gasteiger partial charge in [-0.2, -0.15) is 8.42 Å². The van der Waals surface area contributed by atoms with E-state index < -0.39 is 28.0 Å². The summed E-state index contributed by atoms with van der Waals surface area (Å²) in [5.74, 6) is -1.56. The molecule has 1 aliphatic rings. The molecule has 0 aliphatic carbocycles. The molecule has 178 valence electrons. The van der Waals surface area contributed by atoms with E-state index in [0.717, 1.165) is 16.0 Å². The first-order valence-corrected chi connectivity index (χ1v) is 12.1. The van der Waals surface area contributed by atoms with Crippen LogP contribution in [-0.4, -0.2) is 26.3 Å². The first-order valence-electron chi connectivity index (χ1n) is 10.3.